The summed E-state index contributed by atoms with van der Waals surface area (Å²) in [6, 6.07) is 2.92. The first-order valence-electron chi connectivity index (χ1n) is 7.03. The maximum Gasteiger partial charge on any atom is 0.0285 e. The molecule has 100 valence electrons. The molecule has 0 spiro atoms. The van der Waals surface area contributed by atoms with Gasteiger partial charge in [0.25, 0.3) is 0 Å². The molecule has 1 aromatic rings. The Morgan fingerprint density at radius 2 is 2.17 bits per heavy atom. The average Bonchev–Trinajstić information content (AvgIpc) is 2.72. The summed E-state index contributed by atoms with van der Waals surface area (Å²) < 4.78 is 1.25. The zero-order chi connectivity index (χ0) is 12.8. The SMILES string of the molecule is CC(C)NCC1(Cc2cc(Br)cs2)CC2CC2C1. The molecule has 2 unspecified atom stereocenters. The molecule has 1 heterocycles. The van der Waals surface area contributed by atoms with E-state index in [1.165, 1.54) is 36.7 Å². The van der Waals surface area contributed by atoms with Crippen LogP contribution in [0.2, 0.25) is 0 Å². The highest BCUT2D eigenvalue weighted by Gasteiger charge is 2.53. The fraction of sp³-hybridized carbons (Fsp3) is 0.733. The van der Waals surface area contributed by atoms with Crippen molar-refractivity contribution in [2.45, 2.75) is 45.6 Å². The lowest BCUT2D eigenvalue weighted by Gasteiger charge is -2.32. The lowest BCUT2D eigenvalue weighted by molar-refractivity contribution is 0.243. The highest BCUT2D eigenvalue weighted by atomic mass is 79.9. The van der Waals surface area contributed by atoms with E-state index in [1.54, 1.807) is 4.88 Å². The predicted molar refractivity (Wildman–Crippen MR) is 82.1 cm³/mol. The van der Waals surface area contributed by atoms with Crippen LogP contribution < -0.4 is 5.32 Å². The van der Waals surface area contributed by atoms with Gasteiger partial charge in [0.2, 0.25) is 0 Å². The summed E-state index contributed by atoms with van der Waals surface area (Å²) in [5.74, 6) is 2.12. The van der Waals surface area contributed by atoms with E-state index < -0.39 is 0 Å². The minimum Gasteiger partial charge on any atom is -0.314 e. The Morgan fingerprint density at radius 1 is 1.44 bits per heavy atom. The maximum absolute atomic E-state index is 3.69. The van der Waals surface area contributed by atoms with Crippen molar-refractivity contribution in [2.75, 3.05) is 6.54 Å². The number of fused-ring (bicyclic) bond motifs is 1. The van der Waals surface area contributed by atoms with Crippen LogP contribution in [-0.2, 0) is 6.42 Å². The molecular weight excluding hydrogens is 306 g/mol. The van der Waals surface area contributed by atoms with Crippen molar-refractivity contribution in [1.82, 2.24) is 5.32 Å². The minimum absolute atomic E-state index is 0.544. The zero-order valence-corrected chi connectivity index (χ0v) is 13.6. The largest absolute Gasteiger partial charge is 0.314 e. The Labute approximate surface area is 122 Å². The Hall–Kier alpha value is 0.140. The summed E-state index contributed by atoms with van der Waals surface area (Å²) in [5.41, 5.74) is 0.544. The van der Waals surface area contributed by atoms with Gasteiger partial charge in [-0.25, -0.2) is 0 Å². The molecule has 2 atom stereocenters. The van der Waals surface area contributed by atoms with Gasteiger partial charge in [0.1, 0.15) is 0 Å². The quantitative estimate of drug-likeness (QED) is 0.841. The van der Waals surface area contributed by atoms with Gasteiger partial charge in [-0.1, -0.05) is 13.8 Å². The molecular formula is C15H22BrNS. The normalized spacial score (nSPS) is 34.0. The molecule has 0 saturated heterocycles. The van der Waals surface area contributed by atoms with Crippen LogP contribution in [0.15, 0.2) is 15.9 Å². The third kappa shape index (κ3) is 2.83. The first-order chi connectivity index (χ1) is 8.56. The molecule has 0 bridgehead atoms. The first-order valence-corrected chi connectivity index (χ1v) is 8.70. The van der Waals surface area contributed by atoms with Crippen LogP contribution >= 0.6 is 27.3 Å². The van der Waals surface area contributed by atoms with Crippen molar-refractivity contribution in [3.05, 3.63) is 20.8 Å². The number of rotatable bonds is 5. The number of nitrogens with one attached hydrogen (secondary N) is 1. The smallest absolute Gasteiger partial charge is 0.0285 e. The van der Waals surface area contributed by atoms with E-state index in [2.05, 4.69) is 46.5 Å². The maximum atomic E-state index is 3.69. The second kappa shape index (κ2) is 4.92. The molecule has 18 heavy (non-hydrogen) atoms. The van der Waals surface area contributed by atoms with Crippen molar-refractivity contribution in [2.24, 2.45) is 17.3 Å². The van der Waals surface area contributed by atoms with Crippen molar-refractivity contribution < 1.29 is 0 Å². The van der Waals surface area contributed by atoms with Crippen LogP contribution in [0.4, 0.5) is 0 Å². The van der Waals surface area contributed by atoms with Gasteiger partial charge in [-0.3, -0.25) is 0 Å². The van der Waals surface area contributed by atoms with E-state index in [9.17, 15) is 0 Å². The molecule has 1 nitrogen and oxygen atoms in total. The number of hydrogen-bond donors (Lipinski definition) is 1. The van der Waals surface area contributed by atoms with Gasteiger partial charge in [0.15, 0.2) is 0 Å². The first kappa shape index (κ1) is 13.1. The Kier molecular flexibility index (Phi) is 3.59. The summed E-state index contributed by atoms with van der Waals surface area (Å²) in [4.78, 5) is 1.55. The highest BCUT2D eigenvalue weighted by molar-refractivity contribution is 9.10. The second-order valence-corrected chi connectivity index (χ2v) is 8.52. The molecule has 1 aromatic heterocycles. The Bertz CT molecular complexity index is 416. The fourth-order valence-corrected chi connectivity index (χ4v) is 5.22. The predicted octanol–water partition coefficient (Wildman–Crippen LogP) is 4.47. The molecule has 0 aromatic carbocycles. The van der Waals surface area contributed by atoms with Gasteiger partial charge in [0, 0.05) is 27.3 Å². The van der Waals surface area contributed by atoms with Gasteiger partial charge in [0.05, 0.1) is 0 Å². The van der Waals surface area contributed by atoms with Gasteiger partial charge in [-0.05, 0) is 64.9 Å². The van der Waals surface area contributed by atoms with E-state index >= 15 is 0 Å². The van der Waals surface area contributed by atoms with E-state index in [0.29, 0.717) is 11.5 Å². The topological polar surface area (TPSA) is 12.0 Å². The molecule has 0 amide bonds. The summed E-state index contributed by atoms with van der Waals surface area (Å²) in [6.07, 6.45) is 5.69. The molecule has 2 saturated carbocycles. The minimum atomic E-state index is 0.544. The third-order valence-corrected chi connectivity index (χ3v) is 6.21. The number of hydrogen-bond acceptors (Lipinski definition) is 2. The molecule has 0 aliphatic heterocycles. The highest BCUT2D eigenvalue weighted by Crippen LogP contribution is 2.60. The number of thiophene rings is 1. The van der Waals surface area contributed by atoms with Crippen molar-refractivity contribution >= 4 is 27.3 Å². The molecule has 2 aliphatic carbocycles. The van der Waals surface area contributed by atoms with E-state index in [-0.39, 0.29) is 0 Å². The van der Waals surface area contributed by atoms with Crippen LogP contribution in [0, 0.1) is 17.3 Å². The third-order valence-electron chi connectivity index (χ3n) is 4.52. The summed E-state index contributed by atoms with van der Waals surface area (Å²) >= 11 is 5.49. The Balaban J connectivity index is 1.69. The van der Waals surface area contributed by atoms with E-state index in [0.717, 1.165) is 11.8 Å². The number of halogens is 1. The average molecular weight is 328 g/mol. The van der Waals surface area contributed by atoms with Crippen LogP contribution in [0.3, 0.4) is 0 Å². The standard InChI is InChI=1S/C15H22BrNS/c1-10(2)17-9-15(5-11-3-12(11)6-15)7-14-4-13(16)8-18-14/h4,8,10-12,17H,3,5-7,9H2,1-2H3. The van der Waals surface area contributed by atoms with Crippen LogP contribution in [0.5, 0.6) is 0 Å². The Morgan fingerprint density at radius 3 is 2.72 bits per heavy atom. The van der Waals surface area contributed by atoms with Crippen molar-refractivity contribution in [1.29, 1.82) is 0 Å². The van der Waals surface area contributed by atoms with Gasteiger partial charge in [-0.2, -0.15) is 0 Å². The van der Waals surface area contributed by atoms with Crippen LogP contribution in [0.1, 0.15) is 38.0 Å². The lowest BCUT2D eigenvalue weighted by Crippen LogP contribution is -2.38. The fourth-order valence-electron chi connectivity index (χ4n) is 3.59. The lowest BCUT2D eigenvalue weighted by atomic mass is 9.79. The molecule has 2 fully saturated rings. The zero-order valence-electron chi connectivity index (χ0n) is 11.2. The van der Waals surface area contributed by atoms with Gasteiger partial charge in [-0.15, -0.1) is 11.3 Å². The van der Waals surface area contributed by atoms with E-state index in [4.69, 9.17) is 0 Å². The van der Waals surface area contributed by atoms with Gasteiger partial charge >= 0.3 is 0 Å². The molecule has 2 aliphatic rings. The molecule has 3 rings (SSSR count). The molecule has 0 radical (unpaired) electrons. The van der Waals surface area contributed by atoms with E-state index in [1.807, 2.05) is 11.3 Å². The monoisotopic (exact) mass is 327 g/mol. The van der Waals surface area contributed by atoms with Crippen LogP contribution in [0.25, 0.3) is 0 Å². The van der Waals surface area contributed by atoms with Crippen molar-refractivity contribution in [3.8, 4) is 0 Å². The molecule has 3 heteroatoms. The summed E-state index contributed by atoms with van der Waals surface area (Å²) in [7, 11) is 0. The summed E-state index contributed by atoms with van der Waals surface area (Å²) in [6.45, 7) is 5.71. The van der Waals surface area contributed by atoms with Crippen molar-refractivity contribution in [3.63, 3.8) is 0 Å². The summed E-state index contributed by atoms with van der Waals surface area (Å²) in [5, 5.41) is 5.91. The van der Waals surface area contributed by atoms with Crippen LogP contribution in [-0.4, -0.2) is 12.6 Å². The van der Waals surface area contributed by atoms with Gasteiger partial charge < -0.3 is 5.32 Å². The second-order valence-electron chi connectivity index (χ2n) is 6.61. The molecule has 1 N–H and O–H groups in total.